The highest BCUT2D eigenvalue weighted by molar-refractivity contribution is 14.0. The lowest BCUT2D eigenvalue weighted by Gasteiger charge is -2.14. The second-order valence-corrected chi connectivity index (χ2v) is 6.96. The minimum absolute atomic E-state index is 0. The zero-order chi connectivity index (χ0) is 15.9. The number of H-pyrrole nitrogens is 1. The Bertz CT molecular complexity index is 637. The molecule has 2 heterocycles. The van der Waals surface area contributed by atoms with E-state index in [1.54, 1.807) is 7.05 Å². The number of imidazole rings is 1. The molecule has 1 fully saturated rings. The topological polar surface area (TPSA) is 65.1 Å². The van der Waals surface area contributed by atoms with Crippen LogP contribution in [-0.2, 0) is 6.54 Å². The summed E-state index contributed by atoms with van der Waals surface area (Å²) in [6.45, 7) is 1.60. The maximum atomic E-state index is 4.43. The predicted molar refractivity (Wildman–Crippen MR) is 113 cm³/mol. The first-order valence-electron chi connectivity index (χ1n) is 8.00. The number of thioether (sulfide) groups is 1. The number of nitrogens with zero attached hydrogens (tertiary/aromatic N) is 2. The molecule has 0 radical (unpaired) electrons. The van der Waals surface area contributed by atoms with Gasteiger partial charge in [0.1, 0.15) is 5.82 Å². The Balaban J connectivity index is 0.00000208. The highest BCUT2D eigenvalue weighted by Crippen LogP contribution is 2.25. The van der Waals surface area contributed by atoms with Crippen molar-refractivity contribution in [2.24, 2.45) is 4.99 Å². The van der Waals surface area contributed by atoms with Crippen LogP contribution in [0.2, 0.25) is 0 Å². The molecule has 3 rings (SSSR count). The van der Waals surface area contributed by atoms with Crippen molar-refractivity contribution in [1.29, 1.82) is 0 Å². The Labute approximate surface area is 164 Å². The van der Waals surface area contributed by atoms with Gasteiger partial charge in [0.2, 0.25) is 0 Å². The number of nitrogens with one attached hydrogen (secondary N) is 3. The smallest absolute Gasteiger partial charge is 0.191 e. The molecule has 130 valence electrons. The quantitative estimate of drug-likeness (QED) is 0.367. The van der Waals surface area contributed by atoms with Gasteiger partial charge in [-0.15, -0.1) is 24.0 Å². The van der Waals surface area contributed by atoms with Crippen molar-refractivity contribution in [3.05, 3.63) is 42.4 Å². The first kappa shape index (κ1) is 19.1. The Hall–Kier alpha value is -1.22. The van der Waals surface area contributed by atoms with Gasteiger partial charge in [-0.05, 0) is 24.2 Å². The molecule has 5 nitrogen and oxygen atoms in total. The molecule has 7 heteroatoms. The molecule has 1 aromatic carbocycles. The summed E-state index contributed by atoms with van der Waals surface area (Å²) in [5.74, 6) is 3.02. The molecular formula is C17H24IN5S. The lowest BCUT2D eigenvalue weighted by atomic mass is 10.2. The number of aromatic amines is 1. The van der Waals surface area contributed by atoms with Gasteiger partial charge in [0.05, 0.1) is 18.4 Å². The highest BCUT2D eigenvalue weighted by Gasteiger charge is 2.15. The number of benzene rings is 1. The number of halogens is 1. The van der Waals surface area contributed by atoms with Gasteiger partial charge in [0.25, 0.3) is 0 Å². The summed E-state index contributed by atoms with van der Waals surface area (Å²) in [5.41, 5.74) is 2.18. The van der Waals surface area contributed by atoms with E-state index in [0.717, 1.165) is 29.6 Å². The summed E-state index contributed by atoms with van der Waals surface area (Å²) >= 11 is 2.05. The summed E-state index contributed by atoms with van der Waals surface area (Å²) in [6, 6.07) is 10.2. The normalized spacial score (nSPS) is 17.4. The van der Waals surface area contributed by atoms with Crippen LogP contribution in [0.3, 0.4) is 0 Å². The molecule has 24 heavy (non-hydrogen) atoms. The molecule has 0 bridgehead atoms. The summed E-state index contributed by atoms with van der Waals surface area (Å²) in [5, 5.41) is 7.42. The largest absolute Gasteiger partial charge is 0.355 e. The van der Waals surface area contributed by atoms with Crippen molar-refractivity contribution in [2.45, 2.75) is 24.6 Å². The highest BCUT2D eigenvalue weighted by atomic mass is 127. The van der Waals surface area contributed by atoms with Crippen LogP contribution in [0.4, 0.5) is 0 Å². The maximum absolute atomic E-state index is 4.43. The molecule has 1 aliphatic heterocycles. The molecule has 1 atom stereocenters. The number of aromatic nitrogens is 2. The van der Waals surface area contributed by atoms with Crippen LogP contribution in [-0.4, -0.2) is 40.5 Å². The molecule has 0 spiro atoms. The Morgan fingerprint density at radius 2 is 2.17 bits per heavy atom. The van der Waals surface area contributed by atoms with Crippen molar-refractivity contribution in [1.82, 2.24) is 20.6 Å². The SMILES string of the molecule is CN=C(NCc1ncc(-c2ccccc2)[nH]1)NCC1CCCS1.I. The first-order valence-corrected chi connectivity index (χ1v) is 9.05. The second-order valence-electron chi connectivity index (χ2n) is 5.55. The van der Waals surface area contributed by atoms with Crippen molar-refractivity contribution in [3.63, 3.8) is 0 Å². The van der Waals surface area contributed by atoms with Gasteiger partial charge in [-0.1, -0.05) is 30.3 Å². The lowest BCUT2D eigenvalue weighted by molar-refractivity contribution is 0.720. The fraction of sp³-hybridized carbons (Fsp3) is 0.412. The third-order valence-corrected chi connectivity index (χ3v) is 5.28. The van der Waals surface area contributed by atoms with E-state index in [1.165, 1.54) is 18.6 Å². The summed E-state index contributed by atoms with van der Waals surface area (Å²) in [6.07, 6.45) is 4.50. The third kappa shape index (κ3) is 5.41. The number of aliphatic imine (C=N–C) groups is 1. The van der Waals surface area contributed by atoms with E-state index >= 15 is 0 Å². The van der Waals surface area contributed by atoms with E-state index in [0.29, 0.717) is 11.8 Å². The van der Waals surface area contributed by atoms with E-state index in [-0.39, 0.29) is 24.0 Å². The van der Waals surface area contributed by atoms with Crippen molar-refractivity contribution < 1.29 is 0 Å². The van der Waals surface area contributed by atoms with Gasteiger partial charge >= 0.3 is 0 Å². The summed E-state index contributed by atoms with van der Waals surface area (Å²) < 4.78 is 0. The molecule has 0 amide bonds. The van der Waals surface area contributed by atoms with Crippen molar-refractivity contribution in [3.8, 4) is 11.3 Å². The van der Waals surface area contributed by atoms with Crippen LogP contribution in [0.15, 0.2) is 41.5 Å². The zero-order valence-corrected chi connectivity index (χ0v) is 16.9. The monoisotopic (exact) mass is 457 g/mol. The minimum Gasteiger partial charge on any atom is -0.355 e. The molecule has 2 aromatic rings. The molecule has 0 aliphatic carbocycles. The number of rotatable bonds is 5. The molecule has 1 aliphatic rings. The number of guanidine groups is 1. The molecule has 1 saturated heterocycles. The maximum Gasteiger partial charge on any atom is 0.191 e. The predicted octanol–water partition coefficient (Wildman–Crippen LogP) is 3.26. The van der Waals surface area contributed by atoms with Gasteiger partial charge in [-0.2, -0.15) is 11.8 Å². The van der Waals surface area contributed by atoms with Gasteiger partial charge < -0.3 is 15.6 Å². The molecule has 3 N–H and O–H groups in total. The fourth-order valence-corrected chi connectivity index (χ4v) is 3.82. The van der Waals surface area contributed by atoms with Crippen LogP contribution in [0, 0.1) is 0 Å². The summed E-state index contributed by atoms with van der Waals surface area (Å²) in [7, 11) is 1.80. The van der Waals surface area contributed by atoms with E-state index in [4.69, 9.17) is 0 Å². The standard InChI is InChI=1S/C17H23N5S.HI/c1-18-17(20-10-14-8-5-9-23-14)21-12-16-19-11-15(22-16)13-6-3-2-4-7-13;/h2-4,6-7,11,14H,5,8-10,12H2,1H3,(H,19,22)(H2,18,20,21);1H. The zero-order valence-electron chi connectivity index (χ0n) is 13.8. The van der Waals surface area contributed by atoms with Crippen LogP contribution in [0.1, 0.15) is 18.7 Å². The molecule has 1 aromatic heterocycles. The van der Waals surface area contributed by atoms with Crippen molar-refractivity contribution in [2.75, 3.05) is 19.3 Å². The van der Waals surface area contributed by atoms with E-state index in [1.807, 2.05) is 36.2 Å². The van der Waals surface area contributed by atoms with Gasteiger partial charge in [-0.25, -0.2) is 4.98 Å². The Kier molecular flexibility index (Phi) is 7.90. The third-order valence-electron chi connectivity index (χ3n) is 3.88. The second kappa shape index (κ2) is 9.93. The minimum atomic E-state index is 0. The molecule has 0 saturated carbocycles. The van der Waals surface area contributed by atoms with Crippen LogP contribution in [0.5, 0.6) is 0 Å². The van der Waals surface area contributed by atoms with Crippen LogP contribution < -0.4 is 10.6 Å². The van der Waals surface area contributed by atoms with Gasteiger partial charge in [-0.3, -0.25) is 4.99 Å². The van der Waals surface area contributed by atoms with Gasteiger partial charge in [0.15, 0.2) is 5.96 Å². The fourth-order valence-electron chi connectivity index (χ4n) is 2.62. The summed E-state index contributed by atoms with van der Waals surface area (Å²) in [4.78, 5) is 12.0. The number of hydrogen-bond donors (Lipinski definition) is 3. The number of hydrogen-bond acceptors (Lipinski definition) is 3. The van der Waals surface area contributed by atoms with Crippen LogP contribution >= 0.6 is 35.7 Å². The average Bonchev–Trinajstić information content (AvgIpc) is 3.27. The lowest BCUT2D eigenvalue weighted by Crippen LogP contribution is -2.39. The molecular weight excluding hydrogens is 433 g/mol. The van der Waals surface area contributed by atoms with E-state index in [9.17, 15) is 0 Å². The Morgan fingerprint density at radius 3 is 2.88 bits per heavy atom. The first-order chi connectivity index (χ1) is 11.3. The van der Waals surface area contributed by atoms with Crippen LogP contribution in [0.25, 0.3) is 11.3 Å². The van der Waals surface area contributed by atoms with Gasteiger partial charge in [0, 0.05) is 18.8 Å². The van der Waals surface area contributed by atoms with Crippen molar-refractivity contribution >= 4 is 41.7 Å². The van der Waals surface area contributed by atoms with E-state index < -0.39 is 0 Å². The Morgan fingerprint density at radius 1 is 1.33 bits per heavy atom. The molecule has 1 unspecified atom stereocenters. The van der Waals surface area contributed by atoms with E-state index in [2.05, 4.69) is 37.7 Å². The average molecular weight is 457 g/mol.